The molecular formula is C41H34BN. The molecule has 6 aromatic rings. The molecule has 3 heterocycles. The number of nitrogens with zero attached hydrogens (tertiary/aromatic N) is 1. The van der Waals surface area contributed by atoms with Gasteiger partial charge in [0.1, 0.15) is 0 Å². The second kappa shape index (κ2) is 7.25. The van der Waals surface area contributed by atoms with E-state index in [-0.39, 0.29) is 23.0 Å². The van der Waals surface area contributed by atoms with Crippen LogP contribution in [0.1, 0.15) is 52.7 Å². The highest BCUT2D eigenvalue weighted by molar-refractivity contribution is 7.03. The zero-order valence-electron chi connectivity index (χ0n) is 25.8. The van der Waals surface area contributed by atoms with Crippen LogP contribution < -0.4 is 21.3 Å². The molecule has 1 aliphatic carbocycles. The summed E-state index contributed by atoms with van der Waals surface area (Å²) in [6.07, 6.45) is 0. The van der Waals surface area contributed by atoms with E-state index in [2.05, 4.69) is 144 Å². The summed E-state index contributed by atoms with van der Waals surface area (Å²) in [5.41, 5.74) is 17.1. The molecule has 43 heavy (non-hydrogen) atoms. The summed E-state index contributed by atoms with van der Waals surface area (Å²) < 4.78 is 0. The van der Waals surface area contributed by atoms with E-state index in [9.17, 15) is 0 Å². The maximum Gasteiger partial charge on any atom is 0.249 e. The molecule has 0 aromatic heterocycles. The van der Waals surface area contributed by atoms with Crippen LogP contribution in [0.25, 0.3) is 43.8 Å². The molecule has 0 unspecified atom stereocenters. The van der Waals surface area contributed by atoms with Crippen molar-refractivity contribution in [2.45, 2.75) is 52.4 Å². The first kappa shape index (κ1) is 24.2. The van der Waals surface area contributed by atoms with Gasteiger partial charge in [-0.2, -0.15) is 0 Å². The lowest BCUT2D eigenvalue weighted by atomic mass is 9.29. The molecular weight excluding hydrogens is 517 g/mol. The summed E-state index contributed by atoms with van der Waals surface area (Å²) in [5, 5.41) is 5.51. The van der Waals surface area contributed by atoms with Crippen molar-refractivity contribution in [1.29, 1.82) is 0 Å². The van der Waals surface area contributed by atoms with Crippen molar-refractivity contribution in [1.82, 2.24) is 0 Å². The molecule has 0 amide bonds. The molecule has 6 aromatic carbocycles. The topological polar surface area (TPSA) is 3.24 Å². The zero-order chi connectivity index (χ0) is 29.2. The Morgan fingerprint density at radius 1 is 0.488 bits per heavy atom. The van der Waals surface area contributed by atoms with Crippen LogP contribution in [0.5, 0.6) is 0 Å². The largest absolute Gasteiger partial charge is 0.311 e. The van der Waals surface area contributed by atoms with Gasteiger partial charge in [-0.3, -0.25) is 0 Å². The smallest absolute Gasteiger partial charge is 0.249 e. The fraction of sp³-hybridized carbons (Fsp3) is 0.220. The van der Waals surface area contributed by atoms with Crippen LogP contribution in [0, 0.1) is 5.41 Å². The predicted molar refractivity (Wildman–Crippen MR) is 185 cm³/mol. The monoisotopic (exact) mass is 551 g/mol. The van der Waals surface area contributed by atoms with E-state index in [1.807, 2.05) is 0 Å². The van der Waals surface area contributed by atoms with E-state index in [0.29, 0.717) is 0 Å². The molecule has 206 valence electrons. The standard InChI is InChI=1S/C41H34BN/c1-39(2)30-19-18-25(22-31(30)40(3,4)41(39,5)6)43-32-20-16-23-10-7-12-26-28-14-9-15-29-27-13-8-11-24-17-21-33(43)38(35(24)27)42(36(28)29)37(32)34(23)26/h7-22H,1-6H3. The molecule has 0 spiro atoms. The number of hydrogen-bond acceptors (Lipinski definition) is 1. The highest BCUT2D eigenvalue weighted by Crippen LogP contribution is 2.62. The van der Waals surface area contributed by atoms with E-state index in [4.69, 9.17) is 0 Å². The molecule has 3 aliphatic heterocycles. The Labute approximate surface area is 254 Å². The molecule has 0 radical (unpaired) electrons. The second-order valence-corrected chi connectivity index (χ2v) is 14.9. The quantitative estimate of drug-likeness (QED) is 0.184. The van der Waals surface area contributed by atoms with Crippen LogP contribution in [0.4, 0.5) is 17.1 Å². The van der Waals surface area contributed by atoms with Gasteiger partial charge in [-0.15, -0.1) is 0 Å². The summed E-state index contributed by atoms with van der Waals surface area (Å²) in [6.45, 7) is 14.9. The van der Waals surface area contributed by atoms with Crippen LogP contribution in [0.3, 0.4) is 0 Å². The highest BCUT2D eigenvalue weighted by atomic mass is 15.2. The first-order valence-electron chi connectivity index (χ1n) is 15.8. The minimum absolute atomic E-state index is 0.0453. The Kier molecular flexibility index (Phi) is 4.08. The normalized spacial score (nSPS) is 18.5. The summed E-state index contributed by atoms with van der Waals surface area (Å²) in [6, 6.07) is 37.6. The minimum Gasteiger partial charge on any atom is -0.311 e. The van der Waals surface area contributed by atoms with Crippen molar-refractivity contribution in [3.63, 3.8) is 0 Å². The molecule has 2 heteroatoms. The van der Waals surface area contributed by atoms with Gasteiger partial charge in [-0.05, 0) is 106 Å². The zero-order valence-corrected chi connectivity index (χ0v) is 25.8. The van der Waals surface area contributed by atoms with Crippen LogP contribution >= 0.6 is 0 Å². The van der Waals surface area contributed by atoms with Gasteiger partial charge in [-0.1, -0.05) is 120 Å². The van der Waals surface area contributed by atoms with Crippen LogP contribution in [-0.4, -0.2) is 6.71 Å². The molecule has 0 saturated carbocycles. The van der Waals surface area contributed by atoms with Crippen molar-refractivity contribution in [2.24, 2.45) is 5.41 Å². The summed E-state index contributed by atoms with van der Waals surface area (Å²) >= 11 is 0. The van der Waals surface area contributed by atoms with Crippen molar-refractivity contribution in [3.8, 4) is 22.3 Å². The molecule has 0 fully saturated rings. The van der Waals surface area contributed by atoms with Gasteiger partial charge in [-0.25, -0.2) is 0 Å². The van der Waals surface area contributed by atoms with E-state index in [1.165, 1.54) is 88.4 Å². The van der Waals surface area contributed by atoms with Crippen molar-refractivity contribution in [2.75, 3.05) is 4.90 Å². The van der Waals surface area contributed by atoms with Gasteiger partial charge >= 0.3 is 0 Å². The number of hydrogen-bond donors (Lipinski definition) is 0. The van der Waals surface area contributed by atoms with E-state index >= 15 is 0 Å². The lowest BCUT2D eigenvalue weighted by Crippen LogP contribution is -2.61. The molecule has 0 bridgehead atoms. The SMILES string of the molecule is CC1(C)c2ccc(N3c4ccc5cccc6c5c4B4c5c-6cccc5-c5cccc6ccc3c4c56)cc2C(C)(C)C1(C)C. The summed E-state index contributed by atoms with van der Waals surface area (Å²) in [4.78, 5) is 2.60. The maximum atomic E-state index is 2.60. The Balaban J connectivity index is 1.36. The van der Waals surface area contributed by atoms with E-state index < -0.39 is 0 Å². The average molecular weight is 552 g/mol. The van der Waals surface area contributed by atoms with Gasteiger partial charge in [0.05, 0.1) is 0 Å². The van der Waals surface area contributed by atoms with E-state index in [1.54, 1.807) is 0 Å². The molecule has 10 rings (SSSR count). The molecule has 0 saturated heterocycles. The van der Waals surface area contributed by atoms with Crippen molar-refractivity contribution < 1.29 is 0 Å². The van der Waals surface area contributed by atoms with Gasteiger partial charge in [0.15, 0.2) is 0 Å². The fourth-order valence-electron chi connectivity index (χ4n) is 9.59. The third-order valence-electron chi connectivity index (χ3n) is 12.9. The summed E-state index contributed by atoms with van der Waals surface area (Å²) in [5.74, 6) is 0. The van der Waals surface area contributed by atoms with Crippen LogP contribution in [0.2, 0.25) is 0 Å². The van der Waals surface area contributed by atoms with E-state index in [0.717, 1.165) is 0 Å². The highest BCUT2D eigenvalue weighted by Gasteiger charge is 2.57. The second-order valence-electron chi connectivity index (χ2n) is 14.9. The molecule has 0 N–H and O–H groups in total. The van der Waals surface area contributed by atoms with Crippen molar-refractivity contribution >= 4 is 61.7 Å². The van der Waals surface area contributed by atoms with Crippen LogP contribution in [-0.2, 0) is 10.8 Å². The lowest BCUT2D eigenvalue weighted by molar-refractivity contribution is 0.125. The Morgan fingerprint density at radius 2 is 1.00 bits per heavy atom. The Hall–Kier alpha value is -4.30. The first-order valence-corrected chi connectivity index (χ1v) is 15.8. The molecule has 4 aliphatic rings. The first-order chi connectivity index (χ1) is 20.6. The fourth-order valence-corrected chi connectivity index (χ4v) is 9.59. The lowest BCUT2D eigenvalue weighted by Gasteiger charge is -2.44. The Morgan fingerprint density at radius 3 is 1.58 bits per heavy atom. The summed E-state index contributed by atoms with van der Waals surface area (Å²) in [7, 11) is 0. The number of benzene rings is 6. The van der Waals surface area contributed by atoms with Gasteiger partial charge in [0.25, 0.3) is 0 Å². The third-order valence-corrected chi connectivity index (χ3v) is 12.9. The maximum absolute atomic E-state index is 2.60. The van der Waals surface area contributed by atoms with Gasteiger partial charge < -0.3 is 4.90 Å². The molecule has 0 atom stereocenters. The van der Waals surface area contributed by atoms with Gasteiger partial charge in [0, 0.05) is 17.1 Å². The Bertz CT molecular complexity index is 2170. The minimum atomic E-state index is 0.0453. The van der Waals surface area contributed by atoms with Crippen LogP contribution in [0.15, 0.2) is 97.1 Å². The number of rotatable bonds is 1. The number of fused-ring (bicyclic) bond motifs is 3. The average Bonchev–Trinajstić information content (AvgIpc) is 3.12. The third kappa shape index (κ3) is 2.50. The van der Waals surface area contributed by atoms with Crippen molar-refractivity contribution in [3.05, 3.63) is 108 Å². The number of anilines is 3. The van der Waals surface area contributed by atoms with Gasteiger partial charge in [0.2, 0.25) is 6.71 Å². The predicted octanol–water partition coefficient (Wildman–Crippen LogP) is 8.85. The molecule has 1 nitrogen and oxygen atoms in total.